The third kappa shape index (κ3) is 45.0. The summed E-state index contributed by atoms with van der Waals surface area (Å²) in [6.45, 7) is 9.87. The zero-order valence-corrected chi connectivity index (χ0v) is 72.6. The molecular weight excluding hydrogens is 1790 g/mol. The fraction of sp³-hybridized carbons (Fsp3) is 0.400. The Morgan fingerprint density at radius 2 is 0.663 bits per heavy atom. The number of sulfone groups is 2. The summed E-state index contributed by atoms with van der Waals surface area (Å²) in [4.78, 5) is 0. The number of hydrogen-bond acceptors (Lipinski definition) is 12. The molecule has 0 atom stereocenters. The van der Waals surface area contributed by atoms with Gasteiger partial charge in [-0.1, -0.05) is 131 Å². The van der Waals surface area contributed by atoms with Gasteiger partial charge in [0.1, 0.15) is 42.0 Å². The zero-order valence-electron chi connectivity index (χ0n) is 59.1. The minimum atomic E-state index is -3.01. The van der Waals surface area contributed by atoms with Crippen molar-refractivity contribution in [3.05, 3.63) is 139 Å². The van der Waals surface area contributed by atoms with Crippen molar-refractivity contribution in [1.29, 1.82) is 0 Å². The zero-order chi connectivity index (χ0) is 79.2. The van der Waals surface area contributed by atoms with Crippen LogP contribution in [-0.2, 0) is 29.0 Å². The minimum absolute atomic E-state index is 0. The number of thioether (sulfide) groups is 1. The number of phenolic OH excluding ortho intramolecular Hbond substituents is 1. The second-order valence-electron chi connectivity index (χ2n) is 24.4. The van der Waals surface area contributed by atoms with Gasteiger partial charge in [0.15, 0.2) is 19.7 Å². The molecule has 6 rings (SSSR count). The molecule has 1 N–H and O–H groups in total. The molecule has 11 nitrogen and oxygen atoms in total. The molecule has 34 radical (unpaired) electrons. The largest absolute Gasteiger partial charge is 0.508 e. The summed E-state index contributed by atoms with van der Waals surface area (Å²) in [7, 11) is 96.8. The van der Waals surface area contributed by atoms with E-state index in [4.69, 9.17) is 165 Å². The number of benzene rings is 5. The molecule has 0 amide bonds. The standard InChI is InChI=1S/C15H23BO5S.C9H11BrO3S.C9H11BrOS.C8H8Br2O.C6H5BrO.C2H4Br2.CH4.B32/c1-14(2)15(3,4)21-16(20-14)12-6-8-13(9-7-12)19-10-11-22(5,17)18;1-14(11,12)7-6-13-9-4-2-8(10)3-5-9;1-12-7-6-11-9-4-2-8(10)3-5-9;9-5-6-11-8-3-1-7(10)2-4-8;7-5-1-3-6(8)4-2-5;3-1-2-4;;1-18(2)26(17)30(25(15)16)32(29(23(11)12)24(13)14)31(27(19(3)4)20(5)6)28(21(7)8)22(9)10/h6-9H,10-11H2,1-5H3;2-5H,6-7H2,1H3;2-5H,6-7H2,1H3;1-4H,5-6H2;1-4,8H;1-2H2;1H4;. The molecule has 1 heterocycles. The van der Waals surface area contributed by atoms with Crippen LogP contribution in [0.3, 0.4) is 0 Å². The molecular formula is C50H66B33Br7O11S3. The van der Waals surface area contributed by atoms with Crippen LogP contribution in [0.1, 0.15) is 35.1 Å². The molecule has 1 fully saturated rings. The van der Waals surface area contributed by atoms with Gasteiger partial charge in [0, 0.05) is 279 Å². The van der Waals surface area contributed by atoms with Crippen molar-refractivity contribution in [2.75, 3.05) is 78.4 Å². The van der Waals surface area contributed by atoms with E-state index >= 15 is 0 Å². The lowest BCUT2D eigenvalue weighted by molar-refractivity contribution is 0.00578. The smallest absolute Gasteiger partial charge is 0.494 e. The number of alkyl halides is 3. The van der Waals surface area contributed by atoms with Gasteiger partial charge in [-0.2, -0.15) is 11.8 Å². The summed E-state index contributed by atoms with van der Waals surface area (Å²) in [6.07, 6.45) is -10.7. The highest BCUT2D eigenvalue weighted by Gasteiger charge is 2.54. The van der Waals surface area contributed by atoms with E-state index in [2.05, 4.69) is 118 Å². The van der Waals surface area contributed by atoms with E-state index in [1.54, 1.807) is 60.3 Å². The van der Waals surface area contributed by atoms with E-state index in [0.29, 0.717) is 23.9 Å². The van der Waals surface area contributed by atoms with Crippen LogP contribution in [0.25, 0.3) is 0 Å². The fourth-order valence-electron chi connectivity index (χ4n) is 9.63. The van der Waals surface area contributed by atoms with E-state index in [1.807, 2.05) is 100 Å². The molecule has 1 aliphatic heterocycles. The van der Waals surface area contributed by atoms with E-state index in [-0.39, 0.29) is 43.3 Å². The Bertz CT molecular complexity index is 3210. The van der Waals surface area contributed by atoms with Crippen LogP contribution in [0.2, 0.25) is 0 Å². The number of ether oxygens (including phenoxy) is 4. The second-order valence-corrected chi connectivity index (χ2v) is 35.9. The van der Waals surface area contributed by atoms with Gasteiger partial charge < -0.3 is 33.4 Å². The van der Waals surface area contributed by atoms with Gasteiger partial charge in [0.2, 0.25) is 0 Å². The van der Waals surface area contributed by atoms with Crippen LogP contribution < -0.4 is 24.4 Å². The molecule has 5 aromatic rings. The molecule has 0 aromatic heterocycles. The summed E-state index contributed by atoms with van der Waals surface area (Å²) < 4.78 is 81.2. The van der Waals surface area contributed by atoms with Crippen molar-refractivity contribution in [2.24, 2.45) is 0 Å². The Morgan fingerprint density at radius 3 is 0.904 bits per heavy atom. The highest BCUT2D eigenvalue weighted by atomic mass is 79.9. The topological polar surface area (TPSA) is 144 Å². The number of rotatable bonds is 31. The summed E-state index contributed by atoms with van der Waals surface area (Å²) in [5.74, 6) is 4.54. The van der Waals surface area contributed by atoms with Crippen molar-refractivity contribution in [2.45, 2.75) is 46.3 Å². The van der Waals surface area contributed by atoms with E-state index in [1.165, 1.54) is 12.5 Å². The van der Waals surface area contributed by atoms with Gasteiger partial charge in [-0.05, 0) is 149 Å². The Kier molecular flexibility index (Phi) is 57.6. The number of hydrogen-bond donors (Lipinski definition) is 1. The van der Waals surface area contributed by atoms with Gasteiger partial charge in [0.25, 0.3) is 0 Å². The third-order valence-corrected chi connectivity index (χ3v) is 22.0. The normalized spacial score (nSPS) is 11.8. The van der Waals surface area contributed by atoms with Gasteiger partial charge in [-0.15, -0.1) is 0 Å². The molecule has 5 aromatic carbocycles. The summed E-state index contributed by atoms with van der Waals surface area (Å²) in [5, 5.41) is 11.7. The van der Waals surface area contributed by atoms with Gasteiger partial charge in [-0.3, -0.25) is 0 Å². The summed E-state index contributed by atoms with van der Waals surface area (Å²) >= 11 is 24.7. The number of phenols is 1. The SMILES string of the molecule is BrCCBr.BrCCOc1ccc(Br)cc1.C.CC1(C)OB(c2ccc(OCCS(C)(=O)=O)cc2)OC1(C)C.CS(=O)(=O)CCOc1ccc(Br)cc1.CSCCOc1ccc(Br)cc1.Oc1ccc(Br)cc1.[B]B([B])B([B])B(B([B])[B])B(B(B([B])[B])B([B])[B])B(B(B([B])[B])B([B])[B])B(B([B])[B])B([B])[B]. The van der Waals surface area contributed by atoms with Crippen LogP contribution >= 0.6 is 123 Å². The summed E-state index contributed by atoms with van der Waals surface area (Å²) in [6, 6.07) is 37.1. The Morgan fingerprint density at radius 1 is 0.404 bits per heavy atom. The second kappa shape index (κ2) is 56.1. The van der Waals surface area contributed by atoms with Gasteiger partial charge in [0.05, 0.1) is 35.9 Å². The molecule has 1 saturated heterocycles. The fourth-order valence-corrected chi connectivity index (χ4v) is 11.9. The van der Waals surface area contributed by atoms with Crippen molar-refractivity contribution in [3.8, 4) is 28.7 Å². The molecule has 0 bridgehead atoms. The minimum Gasteiger partial charge on any atom is -0.508 e. The van der Waals surface area contributed by atoms with Crippen molar-refractivity contribution < 1.29 is 50.2 Å². The maximum Gasteiger partial charge on any atom is 0.494 e. The predicted octanol–water partition coefficient (Wildman–Crippen LogP) is 2.08. The van der Waals surface area contributed by atoms with E-state index in [0.717, 1.165) is 63.2 Å². The van der Waals surface area contributed by atoms with Crippen LogP contribution in [0.15, 0.2) is 139 Å². The van der Waals surface area contributed by atoms with Crippen molar-refractivity contribution >= 4 is 383 Å². The van der Waals surface area contributed by atoms with Crippen molar-refractivity contribution in [3.63, 3.8) is 0 Å². The first-order valence-electron chi connectivity index (χ1n) is 31.9. The molecule has 54 heteroatoms. The molecule has 104 heavy (non-hydrogen) atoms. The Labute approximate surface area is 717 Å². The maximum atomic E-state index is 11.1. The van der Waals surface area contributed by atoms with Gasteiger partial charge >= 0.3 is 7.12 Å². The van der Waals surface area contributed by atoms with E-state index < -0.39 is 123 Å². The lowest BCUT2D eigenvalue weighted by Crippen LogP contribution is -2.89. The van der Waals surface area contributed by atoms with Crippen LogP contribution in [-0.4, -0.2) is 346 Å². The number of aromatic hydroxyl groups is 1. The van der Waals surface area contributed by atoms with Crippen LogP contribution in [0.4, 0.5) is 0 Å². The summed E-state index contributed by atoms with van der Waals surface area (Å²) in [5.41, 5.74) is 0.166. The van der Waals surface area contributed by atoms with Crippen LogP contribution in [0.5, 0.6) is 28.7 Å². The van der Waals surface area contributed by atoms with Crippen LogP contribution in [0, 0.1) is 0 Å². The molecule has 0 spiro atoms. The molecule has 0 unspecified atom stereocenters. The molecule has 0 aliphatic carbocycles. The monoisotopic (exact) mass is 1850 g/mol. The number of halogens is 7. The first-order chi connectivity index (χ1) is 47.8. The third-order valence-electron chi connectivity index (χ3n) is 15.3. The average molecular weight is 1860 g/mol. The molecule has 1 aliphatic rings. The predicted molar refractivity (Wildman–Crippen MR) is 512 cm³/mol. The highest BCUT2D eigenvalue weighted by molar-refractivity contribution is 9.12. The molecule has 0 saturated carbocycles. The quantitative estimate of drug-likeness (QED) is 0.0395. The van der Waals surface area contributed by atoms with Gasteiger partial charge in [-0.25, -0.2) is 16.8 Å². The van der Waals surface area contributed by atoms with Crippen molar-refractivity contribution in [1.82, 2.24) is 0 Å². The lowest BCUT2D eigenvalue weighted by Gasteiger charge is -2.51. The lowest BCUT2D eigenvalue weighted by atomic mass is 8.30. The average Bonchev–Trinajstić information content (AvgIpc) is 0.991. The first-order valence-corrected chi connectivity index (χ1v) is 43.9. The Hall–Kier alpha value is 0.773. The van der Waals surface area contributed by atoms with E-state index in [9.17, 15) is 16.8 Å². The Balaban J connectivity index is 0. The molecule has 498 valence electrons. The maximum absolute atomic E-state index is 11.1. The first kappa shape index (κ1) is 107. The highest BCUT2D eigenvalue weighted by Crippen LogP contribution is 2.36.